The van der Waals surface area contributed by atoms with E-state index in [0.29, 0.717) is 0 Å². The summed E-state index contributed by atoms with van der Waals surface area (Å²) in [5.41, 5.74) is 6.67. The molecule has 0 atom stereocenters. The molecule has 16 heavy (non-hydrogen) atoms. The third-order valence-corrected chi connectivity index (χ3v) is 2.44. The Kier molecular flexibility index (Phi) is 4.51. The van der Waals surface area contributed by atoms with Crippen LogP contribution in [0.5, 0.6) is 0 Å². The summed E-state index contributed by atoms with van der Waals surface area (Å²) in [6.07, 6.45) is 5.39. The molecule has 86 valence electrons. The van der Waals surface area contributed by atoms with Gasteiger partial charge in [0.2, 0.25) is 6.41 Å². The van der Waals surface area contributed by atoms with Crippen molar-refractivity contribution in [1.29, 1.82) is 0 Å². The van der Waals surface area contributed by atoms with Crippen molar-refractivity contribution in [2.75, 3.05) is 0 Å². The highest BCUT2D eigenvalue weighted by atomic mass is 16.1. The Morgan fingerprint density at radius 2 is 2.19 bits per heavy atom. The first-order valence-electron chi connectivity index (χ1n) is 5.36. The molecule has 0 spiro atoms. The van der Waals surface area contributed by atoms with Gasteiger partial charge in [-0.3, -0.25) is 4.79 Å². The monoisotopic (exact) mass is 219 g/mol. The van der Waals surface area contributed by atoms with Crippen LogP contribution >= 0.6 is 0 Å². The van der Waals surface area contributed by atoms with Crippen LogP contribution in [0.1, 0.15) is 19.4 Å². The van der Waals surface area contributed by atoms with Gasteiger partial charge in [0.05, 0.1) is 0 Å². The molecule has 0 fully saturated rings. The number of rotatable bonds is 2. The number of nitrogens with two attached hydrogens (primary N) is 1. The third kappa shape index (κ3) is 2.39. The summed E-state index contributed by atoms with van der Waals surface area (Å²) < 4.78 is 2.20. The highest BCUT2D eigenvalue weighted by molar-refractivity contribution is 5.80. The average molecular weight is 219 g/mol. The van der Waals surface area contributed by atoms with Crippen LogP contribution in [0.15, 0.2) is 24.5 Å². The predicted octanol–water partition coefficient (Wildman–Crippen LogP) is 1.72. The van der Waals surface area contributed by atoms with Crippen LogP contribution in [-0.2, 0) is 17.8 Å². The normalized spacial score (nSPS) is 9.62. The summed E-state index contributed by atoms with van der Waals surface area (Å²) in [6, 6.07) is 4.15. The Morgan fingerprint density at radius 3 is 2.75 bits per heavy atom. The Bertz CT molecular complexity index is 424. The Hall–Kier alpha value is -1.84. The van der Waals surface area contributed by atoms with Gasteiger partial charge < -0.3 is 10.3 Å². The van der Waals surface area contributed by atoms with Gasteiger partial charge in [0.1, 0.15) is 5.65 Å². The van der Waals surface area contributed by atoms with Crippen molar-refractivity contribution in [3.63, 3.8) is 0 Å². The number of nitrogens with zero attached hydrogens (tertiary/aromatic N) is 2. The lowest BCUT2D eigenvalue weighted by molar-refractivity contribution is -0.106. The maximum Gasteiger partial charge on any atom is 0.204 e. The molecule has 1 amide bonds. The third-order valence-electron chi connectivity index (χ3n) is 2.44. The molecule has 0 radical (unpaired) electrons. The van der Waals surface area contributed by atoms with E-state index >= 15 is 0 Å². The summed E-state index contributed by atoms with van der Waals surface area (Å²) in [7, 11) is 0. The van der Waals surface area contributed by atoms with Crippen molar-refractivity contribution in [1.82, 2.24) is 9.55 Å². The van der Waals surface area contributed by atoms with Crippen molar-refractivity contribution in [3.05, 3.63) is 30.1 Å². The van der Waals surface area contributed by atoms with E-state index in [4.69, 9.17) is 4.79 Å². The molecule has 2 heterocycles. The number of carbonyl (C=O) groups is 1. The van der Waals surface area contributed by atoms with Crippen molar-refractivity contribution in [2.45, 2.75) is 26.8 Å². The van der Waals surface area contributed by atoms with Gasteiger partial charge in [-0.05, 0) is 31.0 Å². The molecule has 0 saturated heterocycles. The van der Waals surface area contributed by atoms with Gasteiger partial charge in [-0.15, -0.1) is 0 Å². The second-order valence-electron chi connectivity index (χ2n) is 3.30. The number of aryl methyl sites for hydroxylation is 2. The van der Waals surface area contributed by atoms with Crippen LogP contribution < -0.4 is 5.73 Å². The topological polar surface area (TPSA) is 60.9 Å². The fourth-order valence-corrected chi connectivity index (χ4v) is 1.72. The Balaban J connectivity index is 0.000000386. The van der Waals surface area contributed by atoms with Gasteiger partial charge >= 0.3 is 0 Å². The van der Waals surface area contributed by atoms with Gasteiger partial charge in [0.15, 0.2) is 0 Å². The Labute approximate surface area is 95.1 Å². The first-order chi connectivity index (χ1) is 7.78. The summed E-state index contributed by atoms with van der Waals surface area (Å²) in [4.78, 5) is 13.0. The molecule has 0 unspecified atom stereocenters. The number of hydrogen-bond acceptors (Lipinski definition) is 2. The maximum absolute atomic E-state index is 8.58. The minimum atomic E-state index is 0.250. The highest BCUT2D eigenvalue weighted by Gasteiger charge is 2.05. The molecule has 4 nitrogen and oxygen atoms in total. The number of pyridine rings is 1. The van der Waals surface area contributed by atoms with Crippen LogP contribution in [0.3, 0.4) is 0 Å². The molecule has 2 rings (SSSR count). The summed E-state index contributed by atoms with van der Waals surface area (Å²) in [5, 5.41) is 1.30. The zero-order chi connectivity index (χ0) is 12.0. The molecule has 2 N–H and O–H groups in total. The predicted molar refractivity (Wildman–Crippen MR) is 65.0 cm³/mol. The summed E-state index contributed by atoms with van der Waals surface area (Å²) in [5.74, 6) is 0. The van der Waals surface area contributed by atoms with Gasteiger partial charge in [-0.25, -0.2) is 4.98 Å². The van der Waals surface area contributed by atoms with Crippen LogP contribution in [0.4, 0.5) is 0 Å². The van der Waals surface area contributed by atoms with E-state index in [9.17, 15) is 0 Å². The zero-order valence-electron chi connectivity index (χ0n) is 9.68. The number of aromatic nitrogens is 2. The van der Waals surface area contributed by atoms with Crippen molar-refractivity contribution >= 4 is 17.4 Å². The quantitative estimate of drug-likeness (QED) is 0.782. The number of fused-ring (bicyclic) bond motifs is 1. The van der Waals surface area contributed by atoms with Gasteiger partial charge in [0, 0.05) is 24.3 Å². The largest absolute Gasteiger partial charge is 0.372 e. The number of hydrogen-bond donors (Lipinski definition) is 1. The van der Waals surface area contributed by atoms with Crippen molar-refractivity contribution in [3.8, 4) is 0 Å². The average Bonchev–Trinajstić information content (AvgIpc) is 2.68. The number of primary amides is 1. The van der Waals surface area contributed by atoms with Crippen molar-refractivity contribution < 1.29 is 4.79 Å². The number of carbonyl (C=O) groups excluding carboxylic acids is 1. The molecule has 0 aliphatic heterocycles. The summed E-state index contributed by atoms with van der Waals surface area (Å²) in [6.45, 7) is 5.32. The smallest absolute Gasteiger partial charge is 0.204 e. The fourth-order valence-electron chi connectivity index (χ4n) is 1.72. The lowest BCUT2D eigenvalue weighted by atomic mass is 10.2. The lowest BCUT2D eigenvalue weighted by Gasteiger charge is -1.96. The number of amides is 1. The first-order valence-corrected chi connectivity index (χ1v) is 5.36. The van der Waals surface area contributed by atoms with E-state index in [-0.39, 0.29) is 6.41 Å². The molecular weight excluding hydrogens is 202 g/mol. The fraction of sp³-hybridized carbons (Fsp3) is 0.333. The standard InChI is InChI=1S/C11H14N2.CH3NO/c1-3-9-8-13(4-2)11-10(9)6-5-7-12-11;2-1-3/h5-8H,3-4H2,1-2H3;1H,(H2,2,3). The van der Waals surface area contributed by atoms with E-state index in [2.05, 4.69) is 41.4 Å². The molecular formula is C12H17N3O. The zero-order valence-corrected chi connectivity index (χ0v) is 9.68. The lowest BCUT2D eigenvalue weighted by Crippen LogP contribution is -1.91. The van der Waals surface area contributed by atoms with Gasteiger partial charge in [-0.2, -0.15) is 0 Å². The molecule has 4 heteroatoms. The van der Waals surface area contributed by atoms with E-state index in [1.54, 1.807) is 0 Å². The van der Waals surface area contributed by atoms with Crippen LogP contribution in [0.25, 0.3) is 11.0 Å². The van der Waals surface area contributed by atoms with E-state index in [0.717, 1.165) is 18.6 Å². The van der Waals surface area contributed by atoms with E-state index in [1.165, 1.54) is 10.9 Å². The molecule has 0 aliphatic rings. The van der Waals surface area contributed by atoms with Crippen LogP contribution in [-0.4, -0.2) is 16.0 Å². The minimum Gasteiger partial charge on any atom is -0.372 e. The van der Waals surface area contributed by atoms with Gasteiger partial charge in [0.25, 0.3) is 0 Å². The second-order valence-corrected chi connectivity index (χ2v) is 3.30. The second kappa shape index (κ2) is 5.90. The molecule has 0 saturated carbocycles. The minimum absolute atomic E-state index is 0.250. The van der Waals surface area contributed by atoms with E-state index in [1.807, 2.05) is 12.3 Å². The first kappa shape index (κ1) is 12.2. The summed E-state index contributed by atoms with van der Waals surface area (Å²) >= 11 is 0. The van der Waals surface area contributed by atoms with Crippen molar-refractivity contribution in [2.24, 2.45) is 5.73 Å². The highest BCUT2D eigenvalue weighted by Crippen LogP contribution is 2.19. The molecule has 0 bridgehead atoms. The SMILES string of the molecule is CCc1cn(CC)c2ncccc12.NC=O. The Morgan fingerprint density at radius 1 is 1.50 bits per heavy atom. The van der Waals surface area contributed by atoms with E-state index < -0.39 is 0 Å². The van der Waals surface area contributed by atoms with Gasteiger partial charge in [-0.1, -0.05) is 6.92 Å². The molecule has 0 aromatic carbocycles. The van der Waals surface area contributed by atoms with Crippen LogP contribution in [0.2, 0.25) is 0 Å². The maximum atomic E-state index is 8.58. The molecule has 2 aromatic heterocycles. The molecule has 0 aliphatic carbocycles. The molecule has 2 aromatic rings. The van der Waals surface area contributed by atoms with Crippen LogP contribution in [0, 0.1) is 0 Å².